The molecule has 0 bridgehead atoms. The summed E-state index contributed by atoms with van der Waals surface area (Å²) in [6, 6.07) is 7.90. The highest BCUT2D eigenvalue weighted by Crippen LogP contribution is 2.36. The van der Waals surface area contributed by atoms with Gasteiger partial charge >= 0.3 is 0 Å². The molecule has 2 nitrogen and oxygen atoms in total. The molecular weight excluding hydrogens is 232 g/mol. The Morgan fingerprint density at radius 3 is 2.94 bits per heavy atom. The van der Waals surface area contributed by atoms with Crippen LogP contribution in [-0.2, 0) is 0 Å². The summed E-state index contributed by atoms with van der Waals surface area (Å²) in [5.41, 5.74) is 7.14. The number of hydrogen-bond donors (Lipinski definition) is 2. The van der Waals surface area contributed by atoms with Crippen LogP contribution in [0.1, 0.15) is 32.6 Å². The maximum absolute atomic E-state index is 6.02. The van der Waals surface area contributed by atoms with Gasteiger partial charge in [-0.3, -0.25) is 0 Å². The Morgan fingerprint density at radius 2 is 2.29 bits per heavy atom. The van der Waals surface area contributed by atoms with E-state index in [1.165, 1.54) is 19.3 Å². The molecule has 3 N–H and O–H groups in total. The van der Waals surface area contributed by atoms with Crippen LogP contribution in [0, 0.1) is 5.92 Å². The molecule has 1 aromatic carbocycles. The number of halogens is 1. The van der Waals surface area contributed by atoms with Crippen LogP contribution < -0.4 is 11.1 Å². The Morgan fingerprint density at radius 1 is 1.47 bits per heavy atom. The van der Waals surface area contributed by atoms with E-state index >= 15 is 0 Å². The molecule has 0 saturated heterocycles. The van der Waals surface area contributed by atoms with Crippen molar-refractivity contribution < 1.29 is 0 Å². The van der Waals surface area contributed by atoms with Gasteiger partial charge in [0.2, 0.25) is 0 Å². The Kier molecular flexibility index (Phi) is 3.95. The van der Waals surface area contributed by atoms with Crippen LogP contribution in [-0.4, -0.2) is 12.1 Å². The molecule has 0 amide bonds. The fourth-order valence-corrected chi connectivity index (χ4v) is 3.00. The van der Waals surface area contributed by atoms with Gasteiger partial charge in [-0.15, -0.1) is 0 Å². The minimum atomic E-state index is 0.0446. The van der Waals surface area contributed by atoms with Crippen molar-refractivity contribution in [1.29, 1.82) is 0 Å². The van der Waals surface area contributed by atoms with Gasteiger partial charge in [-0.2, -0.15) is 0 Å². The Bertz CT molecular complexity index is 380. The summed E-state index contributed by atoms with van der Waals surface area (Å²) in [4.78, 5) is 0. The normalized spacial score (nSPS) is 29.0. The first kappa shape index (κ1) is 12.7. The van der Waals surface area contributed by atoms with Gasteiger partial charge in [-0.05, 0) is 37.0 Å². The van der Waals surface area contributed by atoms with Gasteiger partial charge in [-0.1, -0.05) is 37.4 Å². The summed E-state index contributed by atoms with van der Waals surface area (Å²) in [6.07, 6.45) is 4.98. The second-order valence-corrected chi connectivity index (χ2v) is 5.58. The van der Waals surface area contributed by atoms with Gasteiger partial charge in [-0.25, -0.2) is 0 Å². The van der Waals surface area contributed by atoms with Crippen molar-refractivity contribution in [2.75, 3.05) is 11.9 Å². The summed E-state index contributed by atoms with van der Waals surface area (Å²) >= 11 is 6.02. The molecule has 1 saturated carbocycles. The van der Waals surface area contributed by atoms with Crippen LogP contribution in [0.5, 0.6) is 0 Å². The van der Waals surface area contributed by atoms with E-state index in [-0.39, 0.29) is 5.54 Å². The molecule has 0 aromatic heterocycles. The highest BCUT2D eigenvalue weighted by molar-refractivity contribution is 6.30. The van der Waals surface area contributed by atoms with Crippen molar-refractivity contribution in [3.63, 3.8) is 0 Å². The lowest BCUT2D eigenvalue weighted by Gasteiger charge is -2.43. The molecule has 94 valence electrons. The van der Waals surface area contributed by atoms with Crippen molar-refractivity contribution in [3.05, 3.63) is 29.3 Å². The van der Waals surface area contributed by atoms with Gasteiger partial charge in [0.05, 0.1) is 5.54 Å². The number of rotatable bonds is 3. The van der Waals surface area contributed by atoms with Crippen molar-refractivity contribution >= 4 is 17.3 Å². The van der Waals surface area contributed by atoms with E-state index in [2.05, 4.69) is 18.3 Å². The molecule has 0 spiro atoms. The third-order valence-electron chi connectivity index (χ3n) is 4.04. The highest BCUT2D eigenvalue weighted by atomic mass is 35.5. The monoisotopic (exact) mass is 252 g/mol. The molecule has 0 radical (unpaired) electrons. The molecule has 1 fully saturated rings. The third kappa shape index (κ3) is 2.75. The highest BCUT2D eigenvalue weighted by Gasteiger charge is 2.36. The topological polar surface area (TPSA) is 38.0 Å². The predicted molar refractivity (Wildman–Crippen MR) is 74.5 cm³/mol. The van der Waals surface area contributed by atoms with E-state index in [9.17, 15) is 0 Å². The lowest BCUT2D eigenvalue weighted by molar-refractivity contribution is 0.235. The molecule has 0 heterocycles. The minimum Gasteiger partial charge on any atom is -0.378 e. The molecule has 1 aromatic rings. The third-order valence-corrected chi connectivity index (χ3v) is 4.27. The molecule has 2 atom stereocenters. The molecule has 2 unspecified atom stereocenters. The van der Waals surface area contributed by atoms with Crippen LogP contribution in [0.15, 0.2) is 24.3 Å². The zero-order valence-corrected chi connectivity index (χ0v) is 11.1. The second kappa shape index (κ2) is 5.28. The van der Waals surface area contributed by atoms with E-state index in [4.69, 9.17) is 17.3 Å². The summed E-state index contributed by atoms with van der Waals surface area (Å²) in [7, 11) is 0. The number of benzene rings is 1. The fourth-order valence-electron chi connectivity index (χ4n) is 2.81. The summed E-state index contributed by atoms with van der Waals surface area (Å²) < 4.78 is 0. The largest absolute Gasteiger partial charge is 0.378 e. The minimum absolute atomic E-state index is 0.0446. The molecule has 1 aliphatic rings. The number of hydrogen-bond acceptors (Lipinski definition) is 2. The molecule has 0 aliphatic heterocycles. The zero-order valence-electron chi connectivity index (χ0n) is 10.4. The average Bonchev–Trinajstić information content (AvgIpc) is 2.32. The standard InChI is InChI=1S/C14H21ClN2/c1-11-5-2-3-8-14(11,10-16)17-13-7-4-6-12(15)9-13/h4,6-7,9,11,17H,2-3,5,8,10,16H2,1H3. The lowest BCUT2D eigenvalue weighted by Crippen LogP contribution is -2.52. The molecule has 17 heavy (non-hydrogen) atoms. The predicted octanol–water partition coefficient (Wildman–Crippen LogP) is 3.66. The summed E-state index contributed by atoms with van der Waals surface area (Å²) in [5.74, 6) is 0.611. The molecule has 2 rings (SSSR count). The lowest BCUT2D eigenvalue weighted by atomic mass is 9.73. The Labute approximate surface area is 109 Å². The first-order chi connectivity index (χ1) is 8.16. The van der Waals surface area contributed by atoms with Crippen LogP contribution in [0.4, 0.5) is 5.69 Å². The first-order valence-corrected chi connectivity index (χ1v) is 6.78. The van der Waals surface area contributed by atoms with E-state index in [0.29, 0.717) is 12.5 Å². The van der Waals surface area contributed by atoms with Crippen LogP contribution in [0.25, 0.3) is 0 Å². The van der Waals surface area contributed by atoms with Crippen molar-refractivity contribution in [1.82, 2.24) is 0 Å². The smallest absolute Gasteiger partial charge is 0.0521 e. The molecule has 3 heteroatoms. The number of nitrogens with one attached hydrogen (secondary N) is 1. The summed E-state index contributed by atoms with van der Waals surface area (Å²) in [5, 5.41) is 4.39. The van der Waals surface area contributed by atoms with Gasteiger partial charge in [0.15, 0.2) is 0 Å². The van der Waals surface area contributed by atoms with Gasteiger partial charge in [0.25, 0.3) is 0 Å². The van der Waals surface area contributed by atoms with Crippen molar-refractivity contribution in [3.8, 4) is 0 Å². The number of nitrogens with two attached hydrogens (primary N) is 1. The first-order valence-electron chi connectivity index (χ1n) is 6.40. The van der Waals surface area contributed by atoms with E-state index in [1.807, 2.05) is 18.2 Å². The Balaban J connectivity index is 2.18. The molecule has 1 aliphatic carbocycles. The van der Waals surface area contributed by atoms with Gasteiger partial charge in [0, 0.05) is 17.3 Å². The van der Waals surface area contributed by atoms with Crippen molar-refractivity contribution in [2.45, 2.75) is 38.1 Å². The maximum atomic E-state index is 6.02. The SMILES string of the molecule is CC1CCCCC1(CN)Nc1cccc(Cl)c1. The summed E-state index contributed by atoms with van der Waals surface area (Å²) in [6.45, 7) is 2.98. The molecular formula is C14H21ClN2. The maximum Gasteiger partial charge on any atom is 0.0521 e. The van der Waals surface area contributed by atoms with Gasteiger partial charge < -0.3 is 11.1 Å². The van der Waals surface area contributed by atoms with E-state index in [1.54, 1.807) is 0 Å². The zero-order chi connectivity index (χ0) is 12.3. The quantitative estimate of drug-likeness (QED) is 0.862. The van der Waals surface area contributed by atoms with Crippen molar-refractivity contribution in [2.24, 2.45) is 11.7 Å². The van der Waals surface area contributed by atoms with Gasteiger partial charge in [0.1, 0.15) is 0 Å². The van der Waals surface area contributed by atoms with Crippen LogP contribution in [0.2, 0.25) is 5.02 Å². The number of anilines is 1. The van der Waals surface area contributed by atoms with E-state index in [0.717, 1.165) is 17.1 Å². The second-order valence-electron chi connectivity index (χ2n) is 5.14. The fraction of sp³-hybridized carbons (Fsp3) is 0.571. The average molecular weight is 253 g/mol. The van der Waals surface area contributed by atoms with Crippen LogP contribution >= 0.6 is 11.6 Å². The Hall–Kier alpha value is -0.730. The van der Waals surface area contributed by atoms with Crippen LogP contribution in [0.3, 0.4) is 0 Å². The van der Waals surface area contributed by atoms with E-state index < -0.39 is 0 Å².